The number of amides is 1. The zero-order valence-electron chi connectivity index (χ0n) is 15.9. The van der Waals surface area contributed by atoms with E-state index in [2.05, 4.69) is 15.3 Å². The normalized spacial score (nSPS) is 11.9. The van der Waals surface area contributed by atoms with Gasteiger partial charge in [0.15, 0.2) is 0 Å². The standard InChI is InChI=1S/C22H23N3O4/c26-20(23-14-16(22(28)29)13-15-7-2-1-3-8-15)12-6-11-19-24-18-10-5-4-9-17(18)21(27)25-19/h1-5,7-10,16H,6,11-14H2,(H,23,26)(H,28,29)(H,24,25,27). The van der Waals surface area contributed by atoms with Gasteiger partial charge in [-0.25, -0.2) is 4.98 Å². The van der Waals surface area contributed by atoms with Crippen LogP contribution in [0, 0.1) is 5.92 Å². The van der Waals surface area contributed by atoms with Gasteiger partial charge in [-0.2, -0.15) is 0 Å². The summed E-state index contributed by atoms with van der Waals surface area (Å²) in [5, 5.41) is 12.6. The minimum absolute atomic E-state index is 0.0775. The molecule has 0 aliphatic carbocycles. The number of para-hydroxylation sites is 1. The van der Waals surface area contributed by atoms with Crippen LogP contribution >= 0.6 is 0 Å². The third-order valence-corrected chi connectivity index (χ3v) is 4.70. The third kappa shape index (κ3) is 5.75. The zero-order valence-corrected chi connectivity index (χ0v) is 15.9. The first kappa shape index (κ1) is 20.3. The molecular weight excluding hydrogens is 370 g/mol. The second-order valence-electron chi connectivity index (χ2n) is 6.91. The fourth-order valence-electron chi connectivity index (χ4n) is 3.14. The van der Waals surface area contributed by atoms with Gasteiger partial charge in [0, 0.05) is 19.4 Å². The van der Waals surface area contributed by atoms with Crippen LogP contribution in [0.25, 0.3) is 10.9 Å². The maximum absolute atomic E-state index is 12.1. The molecule has 1 aromatic heterocycles. The molecule has 3 aromatic rings. The number of carboxylic acids is 1. The van der Waals surface area contributed by atoms with Crippen molar-refractivity contribution in [3.8, 4) is 0 Å². The maximum Gasteiger partial charge on any atom is 0.308 e. The molecule has 150 valence electrons. The van der Waals surface area contributed by atoms with Crippen LogP contribution in [0.3, 0.4) is 0 Å². The summed E-state index contributed by atoms with van der Waals surface area (Å²) in [7, 11) is 0. The molecule has 1 unspecified atom stereocenters. The third-order valence-electron chi connectivity index (χ3n) is 4.70. The number of aromatic nitrogens is 2. The number of benzene rings is 2. The largest absolute Gasteiger partial charge is 0.481 e. The number of H-pyrrole nitrogens is 1. The number of rotatable bonds is 9. The molecule has 0 spiro atoms. The molecule has 7 heteroatoms. The molecule has 0 saturated carbocycles. The monoisotopic (exact) mass is 393 g/mol. The van der Waals surface area contributed by atoms with Crippen LogP contribution in [0.2, 0.25) is 0 Å². The minimum Gasteiger partial charge on any atom is -0.481 e. The van der Waals surface area contributed by atoms with Crippen molar-refractivity contribution < 1.29 is 14.7 Å². The number of hydrogen-bond donors (Lipinski definition) is 3. The molecule has 0 aliphatic rings. The molecule has 0 fully saturated rings. The van der Waals surface area contributed by atoms with E-state index in [0.717, 1.165) is 5.56 Å². The Labute approximate surface area is 167 Å². The fourth-order valence-corrected chi connectivity index (χ4v) is 3.14. The number of aryl methyl sites for hydroxylation is 1. The van der Waals surface area contributed by atoms with E-state index in [1.807, 2.05) is 36.4 Å². The maximum atomic E-state index is 12.1. The topological polar surface area (TPSA) is 112 Å². The lowest BCUT2D eigenvalue weighted by molar-refractivity contribution is -0.141. The Morgan fingerprint density at radius 3 is 2.55 bits per heavy atom. The lowest BCUT2D eigenvalue weighted by Crippen LogP contribution is -2.34. The molecule has 1 heterocycles. The number of carbonyl (C=O) groups is 2. The number of nitrogens with zero attached hydrogens (tertiary/aromatic N) is 1. The molecule has 3 N–H and O–H groups in total. The smallest absolute Gasteiger partial charge is 0.308 e. The number of fused-ring (bicyclic) bond motifs is 1. The van der Waals surface area contributed by atoms with Gasteiger partial charge < -0.3 is 15.4 Å². The Balaban J connectivity index is 1.48. The van der Waals surface area contributed by atoms with Crippen LogP contribution in [-0.2, 0) is 22.4 Å². The Bertz CT molecular complexity index is 1050. The van der Waals surface area contributed by atoms with Gasteiger partial charge in [-0.1, -0.05) is 42.5 Å². The quantitative estimate of drug-likeness (QED) is 0.516. The van der Waals surface area contributed by atoms with Gasteiger partial charge in [0.2, 0.25) is 5.91 Å². The number of nitrogens with one attached hydrogen (secondary N) is 2. The van der Waals surface area contributed by atoms with Crippen LogP contribution in [0.15, 0.2) is 59.4 Å². The van der Waals surface area contributed by atoms with E-state index in [-0.39, 0.29) is 24.4 Å². The highest BCUT2D eigenvalue weighted by atomic mass is 16.4. The average molecular weight is 393 g/mol. The lowest BCUT2D eigenvalue weighted by Gasteiger charge is -2.13. The predicted molar refractivity (Wildman–Crippen MR) is 110 cm³/mol. The fraction of sp³-hybridized carbons (Fsp3) is 0.273. The van der Waals surface area contributed by atoms with E-state index in [9.17, 15) is 19.5 Å². The number of aromatic amines is 1. The first-order valence-corrected chi connectivity index (χ1v) is 9.54. The van der Waals surface area contributed by atoms with Crippen LogP contribution in [0.4, 0.5) is 0 Å². The van der Waals surface area contributed by atoms with E-state index in [1.54, 1.807) is 18.2 Å². The van der Waals surface area contributed by atoms with Gasteiger partial charge in [0.25, 0.3) is 5.56 Å². The highest BCUT2D eigenvalue weighted by Gasteiger charge is 2.18. The molecule has 29 heavy (non-hydrogen) atoms. The summed E-state index contributed by atoms with van der Waals surface area (Å²) in [4.78, 5) is 42.8. The Morgan fingerprint density at radius 1 is 1.07 bits per heavy atom. The molecule has 1 atom stereocenters. The summed E-state index contributed by atoms with van der Waals surface area (Å²) < 4.78 is 0. The molecule has 2 aromatic carbocycles. The van der Waals surface area contributed by atoms with Crippen molar-refractivity contribution in [1.29, 1.82) is 0 Å². The van der Waals surface area contributed by atoms with Crippen LogP contribution < -0.4 is 10.9 Å². The summed E-state index contributed by atoms with van der Waals surface area (Å²) in [6, 6.07) is 16.4. The van der Waals surface area contributed by atoms with Crippen LogP contribution in [-0.4, -0.2) is 33.5 Å². The average Bonchev–Trinajstić information content (AvgIpc) is 2.72. The number of hydrogen-bond acceptors (Lipinski definition) is 4. The van der Waals surface area contributed by atoms with Crippen molar-refractivity contribution in [2.45, 2.75) is 25.7 Å². The van der Waals surface area contributed by atoms with Gasteiger partial charge in [0.05, 0.1) is 16.8 Å². The molecule has 0 bridgehead atoms. The van der Waals surface area contributed by atoms with Crippen LogP contribution in [0.1, 0.15) is 24.2 Å². The van der Waals surface area contributed by atoms with Gasteiger partial charge >= 0.3 is 5.97 Å². The van der Waals surface area contributed by atoms with Crippen molar-refractivity contribution >= 4 is 22.8 Å². The first-order valence-electron chi connectivity index (χ1n) is 9.54. The number of carbonyl (C=O) groups excluding carboxylic acids is 1. The van der Waals surface area contributed by atoms with Gasteiger partial charge in [-0.15, -0.1) is 0 Å². The van der Waals surface area contributed by atoms with E-state index >= 15 is 0 Å². The van der Waals surface area contributed by atoms with Gasteiger partial charge in [0.1, 0.15) is 5.82 Å². The molecule has 0 saturated heterocycles. The summed E-state index contributed by atoms with van der Waals surface area (Å²) in [5.41, 5.74) is 1.35. The number of aliphatic carboxylic acids is 1. The van der Waals surface area contributed by atoms with Crippen LogP contribution in [0.5, 0.6) is 0 Å². The minimum atomic E-state index is -0.938. The van der Waals surface area contributed by atoms with Crippen molar-refractivity contribution in [3.05, 3.63) is 76.3 Å². The first-order chi connectivity index (χ1) is 14.0. The highest BCUT2D eigenvalue weighted by Crippen LogP contribution is 2.09. The molecule has 0 radical (unpaired) electrons. The lowest BCUT2D eigenvalue weighted by atomic mass is 9.99. The summed E-state index contributed by atoms with van der Waals surface area (Å²) >= 11 is 0. The van der Waals surface area contributed by atoms with Crippen molar-refractivity contribution in [2.75, 3.05) is 6.54 Å². The second kappa shape index (κ2) is 9.64. The Kier molecular flexibility index (Phi) is 6.73. The summed E-state index contributed by atoms with van der Waals surface area (Å²) in [6.45, 7) is 0.0775. The van der Waals surface area contributed by atoms with Gasteiger partial charge in [-0.05, 0) is 30.5 Å². The highest BCUT2D eigenvalue weighted by molar-refractivity contribution is 5.78. The summed E-state index contributed by atoms with van der Waals surface area (Å²) in [5.74, 6) is -1.30. The van der Waals surface area contributed by atoms with E-state index in [0.29, 0.717) is 36.0 Å². The zero-order chi connectivity index (χ0) is 20.6. The van der Waals surface area contributed by atoms with Crippen molar-refractivity contribution in [3.63, 3.8) is 0 Å². The summed E-state index contributed by atoms with van der Waals surface area (Å²) in [6.07, 6.45) is 1.55. The van der Waals surface area contributed by atoms with Crippen molar-refractivity contribution in [1.82, 2.24) is 15.3 Å². The molecule has 0 aliphatic heterocycles. The van der Waals surface area contributed by atoms with Crippen molar-refractivity contribution in [2.24, 2.45) is 5.92 Å². The SMILES string of the molecule is O=C(CCCc1nc2ccccc2c(=O)[nH]1)NCC(Cc1ccccc1)C(=O)O. The van der Waals surface area contributed by atoms with Gasteiger partial charge in [-0.3, -0.25) is 14.4 Å². The molecule has 1 amide bonds. The molecule has 7 nitrogen and oxygen atoms in total. The van der Waals surface area contributed by atoms with E-state index in [4.69, 9.17) is 0 Å². The molecular formula is C22H23N3O4. The predicted octanol–water partition coefficient (Wildman–Crippen LogP) is 2.31. The second-order valence-corrected chi connectivity index (χ2v) is 6.91. The number of carboxylic acid groups (broad SMARTS) is 1. The van der Waals surface area contributed by atoms with E-state index in [1.165, 1.54) is 0 Å². The van der Waals surface area contributed by atoms with E-state index < -0.39 is 11.9 Å². The Hall–Kier alpha value is -3.48. The molecule has 3 rings (SSSR count). The Morgan fingerprint density at radius 2 is 1.79 bits per heavy atom.